The van der Waals surface area contributed by atoms with Gasteiger partial charge in [-0.2, -0.15) is 16.3 Å². The summed E-state index contributed by atoms with van der Waals surface area (Å²) in [6.07, 6.45) is 0.679. The maximum Gasteiger partial charge on any atom is 0.306 e. The number of hydrogen-bond donors (Lipinski definition) is 1. The Labute approximate surface area is 167 Å². The van der Waals surface area contributed by atoms with E-state index in [0.29, 0.717) is 24.4 Å². The Morgan fingerprint density at radius 2 is 2.19 bits per heavy atom. The Balaban J connectivity index is 1.37. The summed E-state index contributed by atoms with van der Waals surface area (Å²) in [6, 6.07) is 9.24. The summed E-state index contributed by atoms with van der Waals surface area (Å²) in [7, 11) is 0. The van der Waals surface area contributed by atoms with E-state index in [1.807, 2.05) is 29.6 Å². The minimum absolute atomic E-state index is 0.0822. The van der Waals surface area contributed by atoms with Gasteiger partial charge in [-0.1, -0.05) is 33.2 Å². The number of benzene rings is 1. The Morgan fingerprint density at radius 3 is 2.96 bits per heavy atom. The van der Waals surface area contributed by atoms with Crippen LogP contribution in [-0.2, 0) is 16.1 Å². The van der Waals surface area contributed by atoms with E-state index in [9.17, 15) is 9.59 Å². The smallest absolute Gasteiger partial charge is 0.306 e. The number of thiophene rings is 1. The third kappa shape index (κ3) is 5.73. The fourth-order valence-corrected chi connectivity index (χ4v) is 3.24. The normalized spacial score (nSPS) is 10.6. The third-order valence-electron chi connectivity index (χ3n) is 3.53. The van der Waals surface area contributed by atoms with Crippen LogP contribution >= 0.6 is 27.3 Å². The van der Waals surface area contributed by atoms with Gasteiger partial charge in [-0.3, -0.25) is 9.59 Å². The molecule has 2 aromatic heterocycles. The molecule has 0 aliphatic heterocycles. The molecule has 1 aromatic carbocycles. The van der Waals surface area contributed by atoms with Gasteiger partial charge < -0.3 is 14.6 Å². The minimum Gasteiger partial charge on any atom is -0.456 e. The van der Waals surface area contributed by atoms with Crippen molar-refractivity contribution in [1.29, 1.82) is 0 Å². The zero-order valence-electron chi connectivity index (χ0n) is 14.2. The number of aromatic nitrogens is 2. The van der Waals surface area contributed by atoms with Crippen LogP contribution in [0.15, 0.2) is 50.1 Å². The van der Waals surface area contributed by atoms with E-state index in [4.69, 9.17) is 9.26 Å². The van der Waals surface area contributed by atoms with Crippen LogP contribution in [-0.4, -0.2) is 28.6 Å². The van der Waals surface area contributed by atoms with Crippen molar-refractivity contribution in [1.82, 2.24) is 15.5 Å². The molecule has 1 N–H and O–H groups in total. The topological polar surface area (TPSA) is 94.3 Å². The zero-order chi connectivity index (χ0) is 19.1. The molecule has 2 heterocycles. The van der Waals surface area contributed by atoms with Crippen LogP contribution in [0.2, 0.25) is 0 Å². The number of carbonyl (C=O) groups excluding carboxylic acids is 2. The van der Waals surface area contributed by atoms with Crippen molar-refractivity contribution < 1.29 is 18.8 Å². The van der Waals surface area contributed by atoms with E-state index >= 15 is 0 Å². The number of nitrogens with zero attached hydrogens (tertiary/aromatic N) is 2. The minimum atomic E-state index is -0.387. The van der Waals surface area contributed by atoms with Gasteiger partial charge in [0, 0.05) is 33.9 Å². The highest BCUT2D eigenvalue weighted by molar-refractivity contribution is 9.10. The standard InChI is InChI=1S/C18H16BrN3O4S/c19-14-4-1-3-12(9-14)17-21-15(26-22-17)10-25-16(23)5-2-7-20-18(24)13-6-8-27-11-13/h1,3-4,6,8-9,11H,2,5,7,10H2,(H,20,24). The Hall–Kier alpha value is -2.52. The van der Waals surface area contributed by atoms with Crippen molar-refractivity contribution in [3.05, 3.63) is 57.0 Å². The first-order valence-electron chi connectivity index (χ1n) is 8.16. The maximum atomic E-state index is 11.8. The molecule has 0 spiro atoms. The molecule has 140 valence electrons. The predicted molar refractivity (Wildman–Crippen MR) is 103 cm³/mol. The fourth-order valence-electron chi connectivity index (χ4n) is 2.20. The number of hydrogen-bond acceptors (Lipinski definition) is 7. The van der Waals surface area contributed by atoms with Gasteiger partial charge in [0.05, 0.1) is 0 Å². The van der Waals surface area contributed by atoms with Gasteiger partial charge in [0.25, 0.3) is 11.8 Å². The quantitative estimate of drug-likeness (QED) is 0.414. The van der Waals surface area contributed by atoms with Gasteiger partial charge in [0.2, 0.25) is 5.82 Å². The van der Waals surface area contributed by atoms with E-state index < -0.39 is 0 Å². The molecule has 9 heteroatoms. The Morgan fingerprint density at radius 1 is 1.30 bits per heavy atom. The first-order valence-corrected chi connectivity index (χ1v) is 9.90. The molecule has 1 amide bonds. The number of rotatable bonds is 8. The molecule has 27 heavy (non-hydrogen) atoms. The summed E-state index contributed by atoms with van der Waals surface area (Å²) >= 11 is 4.84. The van der Waals surface area contributed by atoms with Gasteiger partial charge in [-0.05, 0) is 30.0 Å². The Kier molecular flexibility index (Phi) is 6.72. The van der Waals surface area contributed by atoms with Crippen LogP contribution in [0.4, 0.5) is 0 Å². The summed E-state index contributed by atoms with van der Waals surface area (Å²) in [6.45, 7) is 0.318. The van der Waals surface area contributed by atoms with E-state index in [2.05, 4.69) is 31.4 Å². The van der Waals surface area contributed by atoms with Gasteiger partial charge in [-0.25, -0.2) is 0 Å². The molecule has 0 saturated heterocycles. The number of halogens is 1. The van der Waals surface area contributed by atoms with Gasteiger partial charge in [-0.15, -0.1) is 0 Å². The first-order chi connectivity index (χ1) is 13.1. The molecule has 0 atom stereocenters. The highest BCUT2D eigenvalue weighted by atomic mass is 79.9. The number of esters is 1. The van der Waals surface area contributed by atoms with Gasteiger partial charge in [0.15, 0.2) is 6.61 Å². The summed E-state index contributed by atoms with van der Waals surface area (Å²) in [5.41, 5.74) is 1.42. The molecule has 0 bridgehead atoms. The lowest BCUT2D eigenvalue weighted by atomic mass is 10.2. The van der Waals surface area contributed by atoms with Gasteiger partial charge >= 0.3 is 5.97 Å². The number of carbonyl (C=O) groups is 2. The van der Waals surface area contributed by atoms with E-state index in [0.717, 1.165) is 10.0 Å². The van der Waals surface area contributed by atoms with E-state index in [-0.39, 0.29) is 30.8 Å². The molecule has 3 rings (SSSR count). The van der Waals surface area contributed by atoms with Crippen LogP contribution in [0.5, 0.6) is 0 Å². The van der Waals surface area contributed by atoms with Crippen LogP contribution in [0.3, 0.4) is 0 Å². The summed E-state index contributed by atoms with van der Waals surface area (Å²) in [5.74, 6) is 0.125. The summed E-state index contributed by atoms with van der Waals surface area (Å²) < 4.78 is 11.1. The molecule has 3 aromatic rings. The predicted octanol–water partition coefficient (Wildman–Crippen LogP) is 3.81. The van der Waals surface area contributed by atoms with Crippen molar-refractivity contribution in [2.24, 2.45) is 0 Å². The average Bonchev–Trinajstić information content (AvgIpc) is 3.35. The highest BCUT2D eigenvalue weighted by Crippen LogP contribution is 2.20. The van der Waals surface area contributed by atoms with E-state index in [1.165, 1.54) is 11.3 Å². The lowest BCUT2D eigenvalue weighted by Crippen LogP contribution is -2.24. The fraction of sp³-hybridized carbons (Fsp3) is 0.222. The summed E-state index contributed by atoms with van der Waals surface area (Å²) in [5, 5.41) is 10.2. The molecule has 7 nitrogen and oxygen atoms in total. The average molecular weight is 450 g/mol. The maximum absolute atomic E-state index is 11.8. The second-order valence-electron chi connectivity index (χ2n) is 5.55. The SMILES string of the molecule is O=C(CCCNC(=O)c1ccsc1)OCc1nc(-c2cccc(Br)c2)no1. The molecule has 0 radical (unpaired) electrons. The second kappa shape index (κ2) is 9.43. The van der Waals surface area contributed by atoms with Crippen LogP contribution in [0.25, 0.3) is 11.4 Å². The van der Waals surface area contributed by atoms with Crippen molar-refractivity contribution >= 4 is 39.1 Å². The van der Waals surface area contributed by atoms with Crippen LogP contribution in [0, 0.1) is 0 Å². The second-order valence-corrected chi connectivity index (χ2v) is 7.25. The first kappa shape index (κ1) is 19.2. The molecular formula is C18H16BrN3O4S. The molecule has 0 aliphatic rings. The molecule has 0 aliphatic carbocycles. The highest BCUT2D eigenvalue weighted by Gasteiger charge is 2.12. The molecule has 0 fully saturated rings. The largest absolute Gasteiger partial charge is 0.456 e. The Bertz CT molecular complexity index is 911. The number of amides is 1. The summed E-state index contributed by atoms with van der Waals surface area (Å²) in [4.78, 5) is 27.7. The molecule has 0 unspecified atom stereocenters. The molecular weight excluding hydrogens is 434 g/mol. The van der Waals surface area contributed by atoms with Crippen molar-refractivity contribution in [2.75, 3.05) is 6.54 Å². The van der Waals surface area contributed by atoms with Crippen molar-refractivity contribution in [3.63, 3.8) is 0 Å². The zero-order valence-corrected chi connectivity index (χ0v) is 16.6. The number of nitrogens with one attached hydrogen (secondary N) is 1. The lowest BCUT2D eigenvalue weighted by molar-refractivity contribution is -0.145. The van der Waals surface area contributed by atoms with Gasteiger partial charge in [0.1, 0.15) is 0 Å². The van der Waals surface area contributed by atoms with Crippen molar-refractivity contribution in [3.8, 4) is 11.4 Å². The molecule has 0 saturated carbocycles. The van der Waals surface area contributed by atoms with E-state index in [1.54, 1.807) is 11.4 Å². The lowest BCUT2D eigenvalue weighted by Gasteiger charge is -2.04. The number of ether oxygens (including phenoxy) is 1. The van der Waals surface area contributed by atoms with Crippen LogP contribution in [0.1, 0.15) is 29.1 Å². The van der Waals surface area contributed by atoms with Crippen LogP contribution < -0.4 is 5.32 Å². The third-order valence-corrected chi connectivity index (χ3v) is 4.71. The van der Waals surface area contributed by atoms with Crippen molar-refractivity contribution in [2.45, 2.75) is 19.4 Å². The monoisotopic (exact) mass is 449 g/mol.